The third-order valence-corrected chi connectivity index (χ3v) is 4.13. The minimum Gasteiger partial charge on any atom is -0.467 e. The number of amides is 2. The van der Waals surface area contributed by atoms with Crippen molar-refractivity contribution in [2.75, 3.05) is 18.0 Å². The number of piperidine rings is 1. The van der Waals surface area contributed by atoms with Gasteiger partial charge in [0.2, 0.25) is 0 Å². The molecule has 1 saturated heterocycles. The number of aromatic nitrogens is 2. The molecule has 0 aromatic carbocycles. The Morgan fingerprint density at radius 3 is 2.92 bits per heavy atom. The molecule has 1 fully saturated rings. The van der Waals surface area contributed by atoms with Gasteiger partial charge >= 0.3 is 6.03 Å². The standard InChI is InChI=1S/C16H21N5O3/c1-20-9-6-17-14(15(20)22)21-7-4-12(5-8-21)19-16(23)18-11-13-3-2-10-24-13/h2-3,6,9-10,12H,4-5,7-8,11H2,1H3,(H2,18,19,23). The minimum atomic E-state index is -0.210. The smallest absolute Gasteiger partial charge is 0.315 e. The molecule has 1 aliphatic heterocycles. The third kappa shape index (κ3) is 3.76. The summed E-state index contributed by atoms with van der Waals surface area (Å²) >= 11 is 0. The van der Waals surface area contributed by atoms with Crippen molar-refractivity contribution in [1.29, 1.82) is 0 Å². The van der Waals surface area contributed by atoms with E-state index in [2.05, 4.69) is 15.6 Å². The van der Waals surface area contributed by atoms with Crippen LogP contribution in [0.25, 0.3) is 0 Å². The molecule has 2 aromatic rings. The molecule has 2 N–H and O–H groups in total. The van der Waals surface area contributed by atoms with Gasteiger partial charge in [-0.3, -0.25) is 4.79 Å². The summed E-state index contributed by atoms with van der Waals surface area (Å²) in [7, 11) is 1.71. The predicted molar refractivity (Wildman–Crippen MR) is 88.8 cm³/mol. The van der Waals surface area contributed by atoms with Gasteiger partial charge in [-0.1, -0.05) is 0 Å². The summed E-state index contributed by atoms with van der Waals surface area (Å²) in [5, 5.41) is 5.73. The molecule has 0 bridgehead atoms. The molecule has 2 amide bonds. The number of carbonyl (C=O) groups is 1. The maximum absolute atomic E-state index is 12.1. The summed E-state index contributed by atoms with van der Waals surface area (Å²) in [6.45, 7) is 1.74. The zero-order chi connectivity index (χ0) is 16.9. The summed E-state index contributed by atoms with van der Waals surface area (Å²) in [5.41, 5.74) is -0.0971. The fourth-order valence-electron chi connectivity index (χ4n) is 2.75. The van der Waals surface area contributed by atoms with Crippen LogP contribution in [-0.4, -0.2) is 34.7 Å². The van der Waals surface area contributed by atoms with E-state index in [1.54, 1.807) is 31.8 Å². The number of furan rings is 1. The number of rotatable bonds is 4. The molecule has 8 heteroatoms. The van der Waals surface area contributed by atoms with Crippen molar-refractivity contribution in [2.45, 2.75) is 25.4 Å². The average molecular weight is 331 g/mol. The largest absolute Gasteiger partial charge is 0.467 e. The lowest BCUT2D eigenvalue weighted by Gasteiger charge is -2.32. The number of urea groups is 1. The number of hydrogen-bond donors (Lipinski definition) is 2. The van der Waals surface area contributed by atoms with Crippen molar-refractivity contribution >= 4 is 11.8 Å². The maximum atomic E-state index is 12.1. The molecule has 8 nitrogen and oxygen atoms in total. The average Bonchev–Trinajstić information content (AvgIpc) is 3.10. The van der Waals surface area contributed by atoms with Crippen LogP contribution in [-0.2, 0) is 13.6 Å². The van der Waals surface area contributed by atoms with E-state index in [1.807, 2.05) is 11.0 Å². The van der Waals surface area contributed by atoms with Gasteiger partial charge in [-0.05, 0) is 25.0 Å². The normalized spacial score (nSPS) is 15.3. The van der Waals surface area contributed by atoms with Crippen molar-refractivity contribution in [3.63, 3.8) is 0 Å². The van der Waals surface area contributed by atoms with Crippen LogP contribution in [0.1, 0.15) is 18.6 Å². The Bertz CT molecular complexity index is 732. The Morgan fingerprint density at radius 1 is 1.42 bits per heavy atom. The number of anilines is 1. The highest BCUT2D eigenvalue weighted by Crippen LogP contribution is 2.14. The van der Waals surface area contributed by atoms with Crippen molar-refractivity contribution in [3.05, 3.63) is 46.9 Å². The van der Waals surface area contributed by atoms with Crippen LogP contribution < -0.4 is 21.1 Å². The molecule has 0 radical (unpaired) electrons. The number of carbonyl (C=O) groups excluding carboxylic acids is 1. The Balaban J connectivity index is 1.47. The van der Waals surface area contributed by atoms with Gasteiger partial charge in [-0.25, -0.2) is 9.78 Å². The molecule has 128 valence electrons. The van der Waals surface area contributed by atoms with Crippen LogP contribution in [0.2, 0.25) is 0 Å². The predicted octanol–water partition coefficient (Wildman–Crippen LogP) is 0.841. The topological polar surface area (TPSA) is 92.4 Å². The first-order valence-corrected chi connectivity index (χ1v) is 7.97. The highest BCUT2D eigenvalue weighted by Gasteiger charge is 2.23. The molecule has 0 saturated carbocycles. The van der Waals surface area contributed by atoms with Crippen molar-refractivity contribution < 1.29 is 9.21 Å². The second-order valence-electron chi connectivity index (χ2n) is 5.83. The van der Waals surface area contributed by atoms with E-state index >= 15 is 0 Å². The number of nitrogens with one attached hydrogen (secondary N) is 2. The molecular formula is C16H21N5O3. The molecule has 0 atom stereocenters. The molecule has 0 aliphatic carbocycles. The molecule has 3 heterocycles. The van der Waals surface area contributed by atoms with Gasteiger partial charge in [0.25, 0.3) is 5.56 Å². The fourth-order valence-corrected chi connectivity index (χ4v) is 2.75. The van der Waals surface area contributed by atoms with E-state index in [-0.39, 0.29) is 17.6 Å². The van der Waals surface area contributed by atoms with Crippen LogP contribution in [0.5, 0.6) is 0 Å². The first-order chi connectivity index (χ1) is 11.6. The third-order valence-electron chi connectivity index (χ3n) is 4.13. The van der Waals surface area contributed by atoms with E-state index in [9.17, 15) is 9.59 Å². The van der Waals surface area contributed by atoms with Crippen molar-refractivity contribution in [3.8, 4) is 0 Å². The van der Waals surface area contributed by atoms with Crippen LogP contribution in [0.3, 0.4) is 0 Å². The first kappa shape index (κ1) is 16.1. The molecule has 1 aliphatic rings. The zero-order valence-corrected chi connectivity index (χ0v) is 13.6. The summed E-state index contributed by atoms with van der Waals surface area (Å²) in [5.74, 6) is 1.19. The Labute approximate surface area is 139 Å². The van der Waals surface area contributed by atoms with Gasteiger partial charge in [0.1, 0.15) is 5.76 Å². The molecule has 24 heavy (non-hydrogen) atoms. The highest BCUT2D eigenvalue weighted by atomic mass is 16.3. The summed E-state index contributed by atoms with van der Waals surface area (Å²) in [6.07, 6.45) is 6.39. The molecular weight excluding hydrogens is 310 g/mol. The summed E-state index contributed by atoms with van der Waals surface area (Å²) in [4.78, 5) is 30.2. The zero-order valence-electron chi connectivity index (χ0n) is 13.6. The van der Waals surface area contributed by atoms with Crippen LogP contribution >= 0.6 is 0 Å². The quantitative estimate of drug-likeness (QED) is 0.866. The van der Waals surface area contributed by atoms with Crippen molar-refractivity contribution in [1.82, 2.24) is 20.2 Å². The number of aryl methyl sites for hydroxylation is 1. The molecule has 0 unspecified atom stereocenters. The highest BCUT2D eigenvalue weighted by molar-refractivity contribution is 5.74. The van der Waals surface area contributed by atoms with E-state index < -0.39 is 0 Å². The second-order valence-corrected chi connectivity index (χ2v) is 5.83. The fraction of sp³-hybridized carbons (Fsp3) is 0.438. The van der Waals surface area contributed by atoms with Crippen molar-refractivity contribution in [2.24, 2.45) is 7.05 Å². The molecule has 3 rings (SSSR count). The van der Waals surface area contributed by atoms with Crippen LogP contribution in [0.15, 0.2) is 40.0 Å². The van der Waals surface area contributed by atoms with E-state index in [4.69, 9.17) is 4.42 Å². The summed E-state index contributed by atoms with van der Waals surface area (Å²) in [6, 6.07) is 3.47. The lowest BCUT2D eigenvalue weighted by Crippen LogP contribution is -2.48. The minimum absolute atomic E-state index is 0.0883. The second kappa shape index (κ2) is 7.20. The van der Waals surface area contributed by atoms with E-state index in [0.29, 0.717) is 31.2 Å². The van der Waals surface area contributed by atoms with E-state index in [1.165, 1.54) is 4.57 Å². The lowest BCUT2D eigenvalue weighted by atomic mass is 10.1. The van der Waals surface area contributed by atoms with Gasteiger partial charge in [0, 0.05) is 38.6 Å². The van der Waals surface area contributed by atoms with Gasteiger partial charge in [0.15, 0.2) is 5.82 Å². The Hall–Kier alpha value is -2.77. The first-order valence-electron chi connectivity index (χ1n) is 7.97. The van der Waals surface area contributed by atoms with Gasteiger partial charge < -0.3 is 24.5 Å². The van der Waals surface area contributed by atoms with E-state index in [0.717, 1.165) is 12.8 Å². The van der Waals surface area contributed by atoms with Crippen LogP contribution in [0, 0.1) is 0 Å². The summed E-state index contributed by atoms with van der Waals surface area (Å²) < 4.78 is 6.69. The molecule has 0 spiro atoms. The number of nitrogens with zero attached hydrogens (tertiary/aromatic N) is 3. The Morgan fingerprint density at radius 2 is 2.21 bits per heavy atom. The Kier molecular flexibility index (Phi) is 4.83. The van der Waals surface area contributed by atoms with Gasteiger partial charge in [-0.2, -0.15) is 0 Å². The monoisotopic (exact) mass is 331 g/mol. The van der Waals surface area contributed by atoms with Crippen LogP contribution in [0.4, 0.5) is 10.6 Å². The van der Waals surface area contributed by atoms with Gasteiger partial charge in [0.05, 0.1) is 12.8 Å². The maximum Gasteiger partial charge on any atom is 0.315 e. The number of hydrogen-bond acceptors (Lipinski definition) is 5. The lowest BCUT2D eigenvalue weighted by molar-refractivity contribution is 0.233. The molecule has 2 aromatic heterocycles. The van der Waals surface area contributed by atoms with Gasteiger partial charge in [-0.15, -0.1) is 0 Å². The SMILES string of the molecule is Cn1ccnc(N2CCC(NC(=O)NCc3ccco3)CC2)c1=O.